The normalized spacial score (nSPS) is 10.5. The predicted molar refractivity (Wildman–Crippen MR) is 106 cm³/mol. The second kappa shape index (κ2) is 8.64. The van der Waals surface area contributed by atoms with E-state index in [1.165, 1.54) is 0 Å². The largest absolute Gasteiger partial charge is 0.424 e. The van der Waals surface area contributed by atoms with Crippen LogP contribution in [0.5, 0.6) is 11.8 Å². The van der Waals surface area contributed by atoms with E-state index in [1.807, 2.05) is 56.3 Å². The summed E-state index contributed by atoms with van der Waals surface area (Å²) in [6.45, 7) is 3.78. The Bertz CT molecular complexity index is 922. The fourth-order valence-electron chi connectivity index (χ4n) is 2.61. The van der Waals surface area contributed by atoms with Crippen LogP contribution in [0.25, 0.3) is 0 Å². The van der Waals surface area contributed by atoms with Crippen LogP contribution < -0.4 is 10.1 Å². The number of rotatable bonds is 6. The number of carbonyl (C=O) groups is 1. The molecule has 0 saturated carbocycles. The lowest BCUT2D eigenvalue weighted by Crippen LogP contribution is -2.12. The van der Waals surface area contributed by atoms with E-state index in [2.05, 4.69) is 15.3 Å². The molecule has 0 saturated heterocycles. The van der Waals surface area contributed by atoms with Crippen LogP contribution in [-0.4, -0.2) is 15.9 Å². The molecule has 0 unspecified atom stereocenters. The summed E-state index contributed by atoms with van der Waals surface area (Å²) in [6, 6.07) is 16.8. The first-order valence-electron chi connectivity index (χ1n) is 8.62. The number of nitrogens with zero attached hydrogens (tertiary/aromatic N) is 2. The van der Waals surface area contributed by atoms with Crippen LogP contribution in [0.4, 0.5) is 5.69 Å². The van der Waals surface area contributed by atoms with Crippen LogP contribution in [0, 0.1) is 13.8 Å². The van der Waals surface area contributed by atoms with E-state index in [9.17, 15) is 4.79 Å². The zero-order chi connectivity index (χ0) is 19.2. The van der Waals surface area contributed by atoms with Crippen molar-refractivity contribution in [2.24, 2.45) is 0 Å². The molecule has 0 spiro atoms. The summed E-state index contributed by atoms with van der Waals surface area (Å²) in [5.41, 5.74) is 3.41. The first-order valence-corrected chi connectivity index (χ1v) is 9.00. The third-order valence-corrected chi connectivity index (χ3v) is 4.09. The highest BCUT2D eigenvalue weighted by Gasteiger charge is 2.07. The number of hydrogen-bond acceptors (Lipinski definition) is 4. The second-order valence-electron chi connectivity index (χ2n) is 6.24. The Morgan fingerprint density at radius 1 is 1.04 bits per heavy atom. The van der Waals surface area contributed by atoms with Gasteiger partial charge in [0.25, 0.3) is 0 Å². The lowest BCUT2D eigenvalue weighted by Gasteiger charge is -2.09. The van der Waals surface area contributed by atoms with Crippen molar-refractivity contribution in [2.45, 2.75) is 26.7 Å². The van der Waals surface area contributed by atoms with Crippen molar-refractivity contribution < 1.29 is 9.53 Å². The average Bonchev–Trinajstić information content (AvgIpc) is 2.61. The monoisotopic (exact) mass is 381 g/mol. The summed E-state index contributed by atoms with van der Waals surface area (Å²) in [5.74, 6) is 0.500. The number of nitrogens with one attached hydrogen (secondary N) is 1. The molecule has 1 heterocycles. The highest BCUT2D eigenvalue weighted by atomic mass is 35.5. The zero-order valence-electron chi connectivity index (χ0n) is 15.2. The van der Waals surface area contributed by atoms with Crippen LogP contribution >= 0.6 is 11.6 Å². The summed E-state index contributed by atoms with van der Waals surface area (Å²) in [4.78, 5) is 20.7. The van der Waals surface area contributed by atoms with Gasteiger partial charge in [-0.1, -0.05) is 29.8 Å². The van der Waals surface area contributed by atoms with Gasteiger partial charge < -0.3 is 10.1 Å². The van der Waals surface area contributed by atoms with Crippen LogP contribution in [0.1, 0.15) is 23.4 Å². The first-order chi connectivity index (χ1) is 13.0. The lowest BCUT2D eigenvalue weighted by molar-refractivity contribution is -0.116. The fourth-order valence-corrected chi connectivity index (χ4v) is 2.74. The van der Waals surface area contributed by atoms with E-state index in [-0.39, 0.29) is 5.91 Å². The molecule has 3 rings (SSSR count). The Labute approximate surface area is 163 Å². The van der Waals surface area contributed by atoms with Crippen molar-refractivity contribution >= 4 is 23.2 Å². The zero-order valence-corrected chi connectivity index (χ0v) is 16.0. The van der Waals surface area contributed by atoms with E-state index < -0.39 is 0 Å². The number of aromatic nitrogens is 2. The molecule has 6 heteroatoms. The molecule has 138 valence electrons. The average molecular weight is 382 g/mol. The predicted octanol–water partition coefficient (Wildman–Crippen LogP) is 5.11. The molecule has 27 heavy (non-hydrogen) atoms. The van der Waals surface area contributed by atoms with Crippen molar-refractivity contribution in [3.63, 3.8) is 0 Å². The molecule has 0 radical (unpaired) electrons. The molecule has 0 aliphatic carbocycles. The maximum atomic E-state index is 12.2. The summed E-state index contributed by atoms with van der Waals surface area (Å²) in [6.07, 6.45) is 1.03. The molecular weight excluding hydrogens is 362 g/mol. The third-order valence-electron chi connectivity index (χ3n) is 3.84. The molecule has 0 fully saturated rings. The Balaban J connectivity index is 1.59. The fraction of sp³-hybridized carbons (Fsp3) is 0.190. The number of ether oxygens (including phenoxy) is 1. The van der Waals surface area contributed by atoms with Crippen molar-refractivity contribution in [3.05, 3.63) is 76.6 Å². The van der Waals surface area contributed by atoms with Crippen LogP contribution in [-0.2, 0) is 11.2 Å². The standard InChI is InChI=1S/C21H20ClN3O2/c1-14-12-15(2)24-21(23-14)27-19-5-3-4-18(13-19)25-20(26)11-8-16-6-9-17(22)10-7-16/h3-7,9-10,12-13H,8,11H2,1-2H3,(H,25,26). The Morgan fingerprint density at radius 2 is 1.74 bits per heavy atom. The summed E-state index contributed by atoms with van der Waals surface area (Å²) >= 11 is 5.87. The number of carbonyl (C=O) groups excluding carboxylic acids is 1. The van der Waals surface area contributed by atoms with E-state index in [1.54, 1.807) is 12.1 Å². The number of hydrogen-bond donors (Lipinski definition) is 1. The van der Waals surface area contributed by atoms with Gasteiger partial charge >= 0.3 is 6.01 Å². The SMILES string of the molecule is Cc1cc(C)nc(Oc2cccc(NC(=O)CCc3ccc(Cl)cc3)c2)n1. The molecule has 0 aliphatic heterocycles. The van der Waals surface area contributed by atoms with Crippen molar-refractivity contribution in [1.29, 1.82) is 0 Å². The Kier molecular flexibility index (Phi) is 6.04. The maximum Gasteiger partial charge on any atom is 0.322 e. The van der Waals surface area contributed by atoms with Gasteiger partial charge in [-0.25, -0.2) is 9.97 Å². The number of benzene rings is 2. The molecule has 0 bridgehead atoms. The minimum atomic E-state index is -0.0650. The van der Waals surface area contributed by atoms with Gasteiger partial charge in [-0.05, 0) is 56.2 Å². The van der Waals surface area contributed by atoms with Crippen molar-refractivity contribution in [1.82, 2.24) is 9.97 Å². The number of amides is 1. The Hall–Kier alpha value is -2.92. The van der Waals surface area contributed by atoms with Crippen LogP contribution in [0.15, 0.2) is 54.6 Å². The van der Waals surface area contributed by atoms with Gasteiger partial charge in [-0.3, -0.25) is 4.79 Å². The first kappa shape index (κ1) is 18.9. The van der Waals surface area contributed by atoms with E-state index in [0.717, 1.165) is 17.0 Å². The van der Waals surface area contributed by atoms with Gasteiger partial charge in [0.1, 0.15) is 5.75 Å². The van der Waals surface area contributed by atoms with E-state index >= 15 is 0 Å². The summed E-state index contributed by atoms with van der Waals surface area (Å²) in [7, 11) is 0. The molecular formula is C21H20ClN3O2. The van der Waals surface area contributed by atoms with Gasteiger partial charge in [-0.2, -0.15) is 0 Å². The number of aryl methyl sites for hydroxylation is 3. The van der Waals surface area contributed by atoms with E-state index in [0.29, 0.717) is 35.3 Å². The molecule has 0 atom stereocenters. The molecule has 1 N–H and O–H groups in total. The molecule has 1 amide bonds. The number of anilines is 1. The van der Waals surface area contributed by atoms with Gasteiger partial charge in [0.15, 0.2) is 0 Å². The quantitative estimate of drug-likeness (QED) is 0.644. The highest BCUT2D eigenvalue weighted by Crippen LogP contribution is 2.22. The summed E-state index contributed by atoms with van der Waals surface area (Å²) in [5, 5.41) is 3.57. The van der Waals surface area contributed by atoms with Crippen LogP contribution in [0.2, 0.25) is 5.02 Å². The molecule has 0 aliphatic rings. The summed E-state index contributed by atoms with van der Waals surface area (Å²) < 4.78 is 5.72. The van der Waals surface area contributed by atoms with Gasteiger partial charge in [-0.15, -0.1) is 0 Å². The van der Waals surface area contributed by atoms with Gasteiger partial charge in [0.05, 0.1) is 0 Å². The Morgan fingerprint density at radius 3 is 2.44 bits per heavy atom. The minimum absolute atomic E-state index is 0.0650. The van der Waals surface area contributed by atoms with Crippen molar-refractivity contribution in [3.8, 4) is 11.8 Å². The second-order valence-corrected chi connectivity index (χ2v) is 6.67. The molecule has 2 aromatic carbocycles. The van der Waals surface area contributed by atoms with E-state index in [4.69, 9.17) is 16.3 Å². The van der Waals surface area contributed by atoms with Gasteiger partial charge in [0, 0.05) is 34.6 Å². The number of halogens is 1. The van der Waals surface area contributed by atoms with Crippen LogP contribution in [0.3, 0.4) is 0 Å². The smallest absolute Gasteiger partial charge is 0.322 e. The lowest BCUT2D eigenvalue weighted by atomic mass is 10.1. The topological polar surface area (TPSA) is 64.1 Å². The highest BCUT2D eigenvalue weighted by molar-refractivity contribution is 6.30. The molecule has 3 aromatic rings. The molecule has 1 aromatic heterocycles. The van der Waals surface area contributed by atoms with Crippen molar-refractivity contribution in [2.75, 3.05) is 5.32 Å². The third kappa shape index (κ3) is 5.79. The molecule has 5 nitrogen and oxygen atoms in total. The van der Waals surface area contributed by atoms with Gasteiger partial charge in [0.2, 0.25) is 5.91 Å². The maximum absolute atomic E-state index is 12.2. The minimum Gasteiger partial charge on any atom is -0.424 e.